The molecule has 0 bridgehead atoms. The Balaban J connectivity index is 4.15. The van der Waals surface area contributed by atoms with Gasteiger partial charge in [-0.1, -0.05) is 0 Å². The van der Waals surface area contributed by atoms with Crippen LogP contribution in [0.1, 0.15) is 41.5 Å². The fourth-order valence-corrected chi connectivity index (χ4v) is 13.1. The Morgan fingerprint density at radius 3 is 0.633 bits per heavy atom. The molecule has 18 heteroatoms. The lowest BCUT2D eigenvalue weighted by Gasteiger charge is -2.35. The second-order valence-corrected chi connectivity index (χ2v) is 13.2. The van der Waals surface area contributed by atoms with Crippen molar-refractivity contribution < 1.29 is 28.8 Å². The third kappa shape index (κ3) is 7.40. The SMILES string of the molecule is CC(=O)NP1(NC(C)=O)=NP(NC(C)=O)(NC(C)=O)=NP(NC(C)=O)(NC(C)=O)=N1. The zero-order valence-corrected chi connectivity index (χ0v) is 19.8. The first-order valence-corrected chi connectivity index (χ1v) is 13.3. The van der Waals surface area contributed by atoms with Crippen molar-refractivity contribution in [2.24, 2.45) is 13.5 Å². The van der Waals surface area contributed by atoms with Gasteiger partial charge < -0.3 is 0 Å². The van der Waals surface area contributed by atoms with Crippen LogP contribution in [0.5, 0.6) is 0 Å². The van der Waals surface area contributed by atoms with Crippen LogP contribution in [0, 0.1) is 0 Å². The number of hydrogen-bond acceptors (Lipinski definition) is 9. The number of carbonyl (C=O) groups is 6. The van der Waals surface area contributed by atoms with E-state index in [1.54, 1.807) is 0 Å². The molecule has 1 heterocycles. The Bertz CT molecular complexity index is 788. The molecule has 30 heavy (non-hydrogen) atoms. The Labute approximate surface area is 172 Å². The second kappa shape index (κ2) is 9.55. The molecule has 0 unspecified atom stereocenters. The third-order valence-electron chi connectivity index (χ3n) is 2.66. The maximum absolute atomic E-state index is 11.9. The highest BCUT2D eigenvalue weighted by molar-refractivity contribution is 7.84. The normalized spacial score (nSPS) is 17.4. The van der Waals surface area contributed by atoms with Gasteiger partial charge in [0.2, 0.25) is 35.4 Å². The molecule has 0 saturated heterocycles. The van der Waals surface area contributed by atoms with Gasteiger partial charge in [-0.15, -0.1) is 0 Å². The van der Waals surface area contributed by atoms with Crippen LogP contribution in [-0.2, 0) is 28.8 Å². The van der Waals surface area contributed by atoms with E-state index < -0.39 is 58.0 Å². The van der Waals surface area contributed by atoms with Crippen molar-refractivity contribution in [3.8, 4) is 0 Å². The molecule has 0 aromatic heterocycles. The van der Waals surface area contributed by atoms with Gasteiger partial charge in [-0.25, -0.2) is 0 Å². The van der Waals surface area contributed by atoms with Crippen LogP contribution >= 0.6 is 22.5 Å². The number of rotatable bonds is 6. The van der Waals surface area contributed by atoms with Gasteiger partial charge in [-0.05, 0) is 0 Å². The number of carbonyl (C=O) groups excluding carboxylic acids is 6. The van der Waals surface area contributed by atoms with E-state index in [0.29, 0.717) is 0 Å². The molecule has 6 N–H and O–H groups in total. The summed E-state index contributed by atoms with van der Waals surface area (Å²) in [7, 11) is -11.3. The summed E-state index contributed by atoms with van der Waals surface area (Å²) in [5.41, 5.74) is 0. The van der Waals surface area contributed by atoms with Crippen LogP contribution in [0.3, 0.4) is 0 Å². The zero-order valence-electron chi connectivity index (χ0n) is 17.1. The van der Waals surface area contributed by atoms with Crippen LogP contribution in [0.25, 0.3) is 0 Å². The molecule has 1 aliphatic heterocycles. The van der Waals surface area contributed by atoms with Gasteiger partial charge in [0.1, 0.15) is 0 Å². The summed E-state index contributed by atoms with van der Waals surface area (Å²) >= 11 is 0. The summed E-state index contributed by atoms with van der Waals surface area (Å²) in [4.78, 5) is 71.4. The van der Waals surface area contributed by atoms with E-state index in [0.717, 1.165) is 41.5 Å². The van der Waals surface area contributed by atoms with Crippen molar-refractivity contribution in [1.29, 1.82) is 0 Å². The van der Waals surface area contributed by atoms with Crippen molar-refractivity contribution in [2.45, 2.75) is 41.5 Å². The maximum Gasteiger partial charge on any atom is 0.272 e. The monoisotopic (exact) mass is 483 g/mol. The van der Waals surface area contributed by atoms with Gasteiger partial charge >= 0.3 is 0 Å². The minimum Gasteiger partial charge on any atom is -0.289 e. The minimum absolute atomic E-state index is 0.654. The topological polar surface area (TPSA) is 212 Å². The smallest absolute Gasteiger partial charge is 0.272 e. The predicted molar refractivity (Wildman–Crippen MR) is 111 cm³/mol. The summed E-state index contributed by atoms with van der Waals surface area (Å²) in [6, 6.07) is 0. The summed E-state index contributed by atoms with van der Waals surface area (Å²) in [5.74, 6) is -3.92. The summed E-state index contributed by atoms with van der Waals surface area (Å²) in [6.07, 6.45) is 0. The van der Waals surface area contributed by atoms with Crippen LogP contribution in [0.4, 0.5) is 0 Å². The first-order chi connectivity index (χ1) is 13.6. The Hall–Kier alpha value is -2.49. The maximum atomic E-state index is 11.9. The van der Waals surface area contributed by atoms with E-state index in [9.17, 15) is 28.8 Å². The largest absolute Gasteiger partial charge is 0.289 e. The van der Waals surface area contributed by atoms with Crippen LogP contribution in [0.15, 0.2) is 13.5 Å². The highest BCUT2D eigenvalue weighted by Gasteiger charge is 2.41. The minimum atomic E-state index is -3.77. The van der Waals surface area contributed by atoms with Crippen molar-refractivity contribution in [3.05, 3.63) is 0 Å². The molecule has 0 spiro atoms. The highest BCUT2D eigenvalue weighted by atomic mass is 31.3. The second-order valence-electron chi connectivity index (χ2n) is 6.08. The standard InChI is InChI=1S/C12H24N9O6P3/c1-7(22)13-28(14-8(2)23)19-29(15-9(3)24,16-10(4)25)21-30(20-28,17-11(5)26)18-12(6)27/h1-6H3,(H,13,22)(H,14,23)(H,15,24)(H,16,25)(H,17,26)(H,18,27). The summed E-state index contributed by atoms with van der Waals surface area (Å²) in [6.45, 7) is 6.80. The molecule has 1 rings (SSSR count). The van der Waals surface area contributed by atoms with Gasteiger partial charge in [0.05, 0.1) is 0 Å². The fourth-order valence-electron chi connectivity index (χ4n) is 2.29. The summed E-state index contributed by atoms with van der Waals surface area (Å²) in [5, 5.41) is 14.6. The van der Waals surface area contributed by atoms with Gasteiger partial charge in [-0.3, -0.25) is 59.3 Å². The lowest BCUT2D eigenvalue weighted by Crippen LogP contribution is -2.36. The number of amides is 6. The first kappa shape index (κ1) is 25.5. The predicted octanol–water partition coefficient (Wildman–Crippen LogP) is 0.655. The fraction of sp³-hybridized carbons (Fsp3) is 0.500. The van der Waals surface area contributed by atoms with Crippen LogP contribution in [-0.4, -0.2) is 35.4 Å². The molecule has 0 fully saturated rings. The highest BCUT2D eigenvalue weighted by Crippen LogP contribution is 2.70. The lowest BCUT2D eigenvalue weighted by molar-refractivity contribution is -0.119. The molecule has 0 aromatic rings. The van der Waals surface area contributed by atoms with Crippen molar-refractivity contribution in [1.82, 2.24) is 30.5 Å². The lowest BCUT2D eigenvalue weighted by atomic mass is 10.8. The molecular formula is C12H24N9O6P3. The molecule has 0 radical (unpaired) electrons. The molecule has 0 atom stereocenters. The van der Waals surface area contributed by atoms with E-state index >= 15 is 0 Å². The quantitative estimate of drug-likeness (QED) is 0.298. The molecule has 6 amide bonds. The number of nitrogens with one attached hydrogen (secondary N) is 6. The van der Waals surface area contributed by atoms with Crippen LogP contribution in [0.2, 0.25) is 0 Å². The summed E-state index contributed by atoms with van der Waals surface area (Å²) < 4.78 is 12.9. The first-order valence-electron chi connectivity index (χ1n) is 8.27. The molecule has 168 valence electrons. The zero-order chi connectivity index (χ0) is 23.3. The molecule has 0 saturated carbocycles. The number of hydrogen-bond donors (Lipinski definition) is 6. The van der Waals surface area contributed by atoms with Crippen molar-refractivity contribution in [2.75, 3.05) is 0 Å². The van der Waals surface area contributed by atoms with Crippen LogP contribution < -0.4 is 30.5 Å². The average Bonchev–Trinajstić information content (AvgIpc) is 2.39. The molecule has 0 aromatic carbocycles. The van der Waals surface area contributed by atoms with E-state index in [-0.39, 0.29) is 0 Å². The Morgan fingerprint density at radius 2 is 0.533 bits per heavy atom. The van der Waals surface area contributed by atoms with E-state index in [1.807, 2.05) is 0 Å². The van der Waals surface area contributed by atoms with Crippen molar-refractivity contribution >= 4 is 58.0 Å². The van der Waals surface area contributed by atoms with Crippen molar-refractivity contribution in [3.63, 3.8) is 0 Å². The van der Waals surface area contributed by atoms with Gasteiger partial charge in [0, 0.05) is 41.5 Å². The van der Waals surface area contributed by atoms with Gasteiger partial charge in [0.15, 0.2) is 0 Å². The molecule has 1 aliphatic rings. The molecule has 0 aliphatic carbocycles. The van der Waals surface area contributed by atoms with Gasteiger partial charge in [0.25, 0.3) is 22.5 Å². The number of nitrogens with zero attached hydrogens (tertiary/aromatic N) is 3. The van der Waals surface area contributed by atoms with E-state index in [2.05, 4.69) is 44.1 Å². The van der Waals surface area contributed by atoms with E-state index in [4.69, 9.17) is 0 Å². The molecule has 15 nitrogen and oxygen atoms in total. The Kier molecular flexibility index (Phi) is 8.13. The average molecular weight is 483 g/mol. The van der Waals surface area contributed by atoms with Gasteiger partial charge in [-0.2, -0.15) is 13.5 Å². The van der Waals surface area contributed by atoms with E-state index in [1.165, 1.54) is 0 Å². The Morgan fingerprint density at radius 1 is 0.400 bits per heavy atom. The molecular weight excluding hydrogens is 459 g/mol. The third-order valence-corrected chi connectivity index (χ3v) is 12.6.